The van der Waals surface area contributed by atoms with Gasteiger partial charge in [0.1, 0.15) is 5.82 Å². The van der Waals surface area contributed by atoms with Crippen molar-refractivity contribution in [3.05, 3.63) is 65.1 Å². The third kappa shape index (κ3) is 3.39. The van der Waals surface area contributed by atoms with E-state index in [0.29, 0.717) is 16.4 Å². The summed E-state index contributed by atoms with van der Waals surface area (Å²) in [5.41, 5.74) is 10.8. The second-order valence-corrected chi connectivity index (χ2v) is 6.59. The van der Waals surface area contributed by atoms with E-state index >= 15 is 0 Å². The van der Waals surface area contributed by atoms with Gasteiger partial charge in [0.05, 0.1) is 10.6 Å². The molecule has 0 radical (unpaired) electrons. The smallest absolute Gasteiger partial charge is 0.254 e. The summed E-state index contributed by atoms with van der Waals surface area (Å²) in [7, 11) is 3.40. The molecule has 2 aromatic heterocycles. The molecule has 0 saturated carbocycles. The Balaban J connectivity index is 2.13. The Morgan fingerprint density at radius 1 is 1.08 bits per heavy atom. The van der Waals surface area contributed by atoms with E-state index in [9.17, 15) is 4.79 Å². The molecule has 0 saturated heterocycles. The zero-order chi connectivity index (χ0) is 18.8. The summed E-state index contributed by atoms with van der Waals surface area (Å²) in [4.78, 5) is 22.3. The lowest BCUT2D eigenvalue weighted by atomic mass is 9.94. The number of rotatable bonds is 3. The largest absolute Gasteiger partial charge is 0.384 e. The molecular weight excluding hydrogens is 348 g/mol. The summed E-state index contributed by atoms with van der Waals surface area (Å²) in [5, 5.41) is 0.414. The molecule has 1 aromatic carbocycles. The van der Waals surface area contributed by atoms with Crippen molar-refractivity contribution in [3.63, 3.8) is 0 Å². The molecule has 6 heteroatoms. The average molecular weight is 367 g/mol. The van der Waals surface area contributed by atoms with Crippen LogP contribution in [0.4, 0.5) is 5.82 Å². The number of nitrogens with zero attached hydrogens (tertiary/aromatic N) is 3. The van der Waals surface area contributed by atoms with Gasteiger partial charge in [0.25, 0.3) is 5.91 Å². The predicted molar refractivity (Wildman–Crippen MR) is 105 cm³/mol. The number of carbonyl (C=O) groups excluding carboxylic acids is 1. The van der Waals surface area contributed by atoms with Gasteiger partial charge < -0.3 is 10.6 Å². The quantitative estimate of drug-likeness (QED) is 0.758. The number of halogens is 1. The number of pyridine rings is 2. The fourth-order valence-corrected chi connectivity index (χ4v) is 3.08. The van der Waals surface area contributed by atoms with Crippen molar-refractivity contribution in [2.75, 3.05) is 19.8 Å². The highest BCUT2D eigenvalue weighted by Gasteiger charge is 2.16. The maximum Gasteiger partial charge on any atom is 0.254 e. The minimum absolute atomic E-state index is 0.129. The Morgan fingerprint density at radius 3 is 2.42 bits per heavy atom. The first kappa shape index (κ1) is 17.9. The average Bonchev–Trinajstić information content (AvgIpc) is 2.61. The summed E-state index contributed by atoms with van der Waals surface area (Å²) in [5.74, 6) is 0.335. The van der Waals surface area contributed by atoms with E-state index in [4.69, 9.17) is 17.3 Å². The molecule has 5 nitrogen and oxygen atoms in total. The number of amides is 1. The van der Waals surface area contributed by atoms with Crippen LogP contribution in [0, 0.1) is 6.92 Å². The van der Waals surface area contributed by atoms with Crippen molar-refractivity contribution in [1.29, 1.82) is 0 Å². The lowest BCUT2D eigenvalue weighted by Crippen LogP contribution is -2.21. The van der Waals surface area contributed by atoms with Crippen molar-refractivity contribution in [2.45, 2.75) is 6.92 Å². The van der Waals surface area contributed by atoms with Crippen LogP contribution in [0.25, 0.3) is 22.3 Å². The lowest BCUT2D eigenvalue weighted by molar-refractivity contribution is 0.0828. The molecule has 2 N–H and O–H groups in total. The van der Waals surface area contributed by atoms with Crippen LogP contribution in [0.2, 0.25) is 5.02 Å². The number of benzene rings is 1. The molecule has 0 spiro atoms. The Morgan fingerprint density at radius 2 is 1.81 bits per heavy atom. The van der Waals surface area contributed by atoms with Crippen molar-refractivity contribution >= 4 is 23.3 Å². The second-order valence-electron chi connectivity index (χ2n) is 6.18. The van der Waals surface area contributed by atoms with Gasteiger partial charge in [-0.15, -0.1) is 0 Å². The first-order valence-electron chi connectivity index (χ1n) is 8.07. The zero-order valence-corrected chi connectivity index (χ0v) is 15.6. The van der Waals surface area contributed by atoms with Crippen LogP contribution < -0.4 is 5.73 Å². The molecule has 0 unspecified atom stereocenters. The molecule has 0 atom stereocenters. The van der Waals surface area contributed by atoms with Crippen LogP contribution in [-0.2, 0) is 0 Å². The van der Waals surface area contributed by atoms with Crippen LogP contribution in [-0.4, -0.2) is 34.9 Å². The second kappa shape index (κ2) is 7.14. The van der Waals surface area contributed by atoms with E-state index in [0.717, 1.165) is 27.9 Å². The Hall–Kier alpha value is -2.92. The monoisotopic (exact) mass is 366 g/mol. The van der Waals surface area contributed by atoms with Gasteiger partial charge in [-0.25, -0.2) is 4.98 Å². The normalized spacial score (nSPS) is 10.6. The molecule has 3 aromatic rings. The molecular formula is C20H19ClN4O. The number of hydrogen-bond donors (Lipinski definition) is 1. The standard InChI is InChI=1S/C20H19ClN4O/c1-12-19(14-5-7-18(22)24-11-14)15(8-9-23-12)13-4-6-16(17(21)10-13)20(26)25(2)3/h4-11H,1-3H3,(H2,22,24). The van der Waals surface area contributed by atoms with Crippen molar-refractivity contribution < 1.29 is 4.79 Å². The van der Waals surface area contributed by atoms with Gasteiger partial charge in [-0.2, -0.15) is 0 Å². The van der Waals surface area contributed by atoms with Gasteiger partial charge in [0, 0.05) is 43.3 Å². The summed E-state index contributed by atoms with van der Waals surface area (Å²) < 4.78 is 0. The number of aryl methyl sites for hydroxylation is 1. The maximum absolute atomic E-state index is 12.2. The Kier molecular flexibility index (Phi) is 4.91. The Labute approximate surface area is 157 Å². The van der Waals surface area contributed by atoms with Gasteiger partial charge in [-0.05, 0) is 48.4 Å². The van der Waals surface area contributed by atoms with Crippen molar-refractivity contribution in [2.24, 2.45) is 0 Å². The van der Waals surface area contributed by atoms with Gasteiger partial charge in [0.2, 0.25) is 0 Å². The third-order valence-electron chi connectivity index (χ3n) is 4.13. The number of anilines is 1. The van der Waals surface area contributed by atoms with Gasteiger partial charge >= 0.3 is 0 Å². The molecule has 2 heterocycles. The number of nitrogens with two attached hydrogens (primary N) is 1. The fourth-order valence-electron chi connectivity index (χ4n) is 2.82. The number of hydrogen-bond acceptors (Lipinski definition) is 4. The zero-order valence-electron chi connectivity index (χ0n) is 14.8. The lowest BCUT2D eigenvalue weighted by Gasteiger charge is -2.15. The highest BCUT2D eigenvalue weighted by atomic mass is 35.5. The molecule has 3 rings (SSSR count). The molecule has 132 valence electrons. The van der Waals surface area contributed by atoms with Crippen LogP contribution in [0.5, 0.6) is 0 Å². The molecule has 0 aliphatic rings. The number of aromatic nitrogens is 2. The molecule has 26 heavy (non-hydrogen) atoms. The molecule has 0 aliphatic carbocycles. The summed E-state index contributed by atoms with van der Waals surface area (Å²) in [6, 6.07) is 11.1. The number of carbonyl (C=O) groups is 1. The summed E-state index contributed by atoms with van der Waals surface area (Å²) in [6.45, 7) is 1.95. The van der Waals surface area contributed by atoms with E-state index in [1.807, 2.05) is 25.1 Å². The molecule has 0 bridgehead atoms. The first-order chi connectivity index (χ1) is 12.4. The SMILES string of the molecule is Cc1nccc(-c2ccc(C(=O)N(C)C)c(Cl)c2)c1-c1ccc(N)nc1. The first-order valence-corrected chi connectivity index (χ1v) is 8.45. The van der Waals surface area contributed by atoms with Gasteiger partial charge in [0.15, 0.2) is 0 Å². The third-order valence-corrected chi connectivity index (χ3v) is 4.44. The minimum Gasteiger partial charge on any atom is -0.384 e. The van der Waals surface area contributed by atoms with E-state index in [2.05, 4.69) is 9.97 Å². The van der Waals surface area contributed by atoms with Crippen LogP contribution in [0.1, 0.15) is 16.1 Å². The van der Waals surface area contributed by atoms with E-state index in [1.54, 1.807) is 44.7 Å². The number of nitrogen functional groups attached to an aromatic ring is 1. The maximum atomic E-state index is 12.2. The van der Waals surface area contributed by atoms with Crippen LogP contribution in [0.3, 0.4) is 0 Å². The summed E-state index contributed by atoms with van der Waals surface area (Å²) >= 11 is 6.39. The van der Waals surface area contributed by atoms with Crippen LogP contribution in [0.15, 0.2) is 48.8 Å². The van der Waals surface area contributed by atoms with Crippen molar-refractivity contribution in [1.82, 2.24) is 14.9 Å². The predicted octanol–water partition coefficient (Wildman–Crippen LogP) is 4.06. The van der Waals surface area contributed by atoms with E-state index in [-0.39, 0.29) is 5.91 Å². The minimum atomic E-state index is -0.129. The molecule has 0 fully saturated rings. The molecule has 0 aliphatic heterocycles. The van der Waals surface area contributed by atoms with Crippen molar-refractivity contribution in [3.8, 4) is 22.3 Å². The van der Waals surface area contributed by atoms with Gasteiger partial charge in [-0.1, -0.05) is 17.7 Å². The van der Waals surface area contributed by atoms with E-state index in [1.165, 1.54) is 4.90 Å². The highest BCUT2D eigenvalue weighted by molar-refractivity contribution is 6.34. The van der Waals surface area contributed by atoms with E-state index < -0.39 is 0 Å². The summed E-state index contributed by atoms with van der Waals surface area (Å²) in [6.07, 6.45) is 3.49. The van der Waals surface area contributed by atoms with Crippen LogP contribution >= 0.6 is 11.6 Å². The molecule has 1 amide bonds. The topological polar surface area (TPSA) is 72.1 Å². The highest BCUT2D eigenvalue weighted by Crippen LogP contribution is 2.35. The van der Waals surface area contributed by atoms with Gasteiger partial charge in [-0.3, -0.25) is 9.78 Å². The fraction of sp³-hybridized carbons (Fsp3) is 0.150. The Bertz CT molecular complexity index is 968.